The van der Waals surface area contributed by atoms with E-state index >= 15 is 0 Å². The Bertz CT molecular complexity index is 1010. The van der Waals surface area contributed by atoms with Crippen molar-refractivity contribution in [2.75, 3.05) is 20.0 Å². The van der Waals surface area contributed by atoms with Gasteiger partial charge in [-0.25, -0.2) is 0 Å². The van der Waals surface area contributed by atoms with E-state index in [4.69, 9.17) is 31.2 Å². The standard InChI is InChI=1S/C20H21ClN2O4/c1-10-13-7-12(25-3)5-6-17(13)27-19(10)11(2)23-20(24)14-8-15(21)16(22)9-18(14)26-4/h5-9,11H,22H2,1-4H3,(H,23,24). The fourth-order valence-corrected chi connectivity index (χ4v) is 3.18. The van der Waals surface area contributed by atoms with Crippen LogP contribution in [-0.4, -0.2) is 20.1 Å². The van der Waals surface area contributed by atoms with E-state index in [1.807, 2.05) is 32.0 Å². The summed E-state index contributed by atoms with van der Waals surface area (Å²) in [6, 6.07) is 8.25. The molecular weight excluding hydrogens is 368 g/mol. The van der Waals surface area contributed by atoms with Crippen LogP contribution >= 0.6 is 11.6 Å². The number of halogens is 1. The highest BCUT2D eigenvalue weighted by molar-refractivity contribution is 6.33. The number of fused-ring (bicyclic) bond motifs is 1. The average Bonchev–Trinajstić information content (AvgIpc) is 2.99. The number of aryl methyl sites for hydroxylation is 1. The highest BCUT2D eigenvalue weighted by Gasteiger charge is 2.22. The van der Waals surface area contributed by atoms with Crippen LogP contribution in [0.25, 0.3) is 11.0 Å². The Balaban J connectivity index is 1.90. The molecule has 0 radical (unpaired) electrons. The van der Waals surface area contributed by atoms with Gasteiger partial charge in [-0.05, 0) is 38.1 Å². The number of nitrogens with one attached hydrogen (secondary N) is 1. The van der Waals surface area contributed by atoms with Crippen molar-refractivity contribution in [2.45, 2.75) is 19.9 Å². The first-order valence-corrected chi connectivity index (χ1v) is 8.74. The van der Waals surface area contributed by atoms with Gasteiger partial charge in [-0.2, -0.15) is 0 Å². The smallest absolute Gasteiger partial charge is 0.255 e. The van der Waals surface area contributed by atoms with Crippen molar-refractivity contribution in [3.05, 3.63) is 52.2 Å². The maximum absolute atomic E-state index is 12.7. The third-order valence-electron chi connectivity index (χ3n) is 4.48. The number of benzene rings is 2. The first-order chi connectivity index (χ1) is 12.8. The van der Waals surface area contributed by atoms with Crippen LogP contribution in [0.1, 0.15) is 34.6 Å². The highest BCUT2D eigenvalue weighted by Crippen LogP contribution is 2.33. The molecule has 27 heavy (non-hydrogen) atoms. The SMILES string of the molecule is COc1ccc2oc(C(C)NC(=O)c3cc(Cl)c(N)cc3OC)c(C)c2c1. The first-order valence-electron chi connectivity index (χ1n) is 8.36. The first kappa shape index (κ1) is 18.9. The molecule has 0 bridgehead atoms. The molecule has 1 amide bonds. The number of hydrogen-bond donors (Lipinski definition) is 2. The number of carbonyl (C=O) groups is 1. The minimum absolute atomic E-state index is 0.292. The second-order valence-electron chi connectivity index (χ2n) is 6.22. The Hall–Kier alpha value is -2.86. The lowest BCUT2D eigenvalue weighted by molar-refractivity contribution is 0.0932. The minimum Gasteiger partial charge on any atom is -0.497 e. The molecule has 1 aromatic heterocycles. The fraction of sp³-hybridized carbons (Fsp3) is 0.250. The van der Waals surface area contributed by atoms with Crippen LogP contribution < -0.4 is 20.5 Å². The molecule has 1 heterocycles. The van der Waals surface area contributed by atoms with Crippen molar-refractivity contribution in [2.24, 2.45) is 0 Å². The number of ether oxygens (including phenoxy) is 2. The molecule has 0 saturated carbocycles. The lowest BCUT2D eigenvalue weighted by atomic mass is 10.1. The van der Waals surface area contributed by atoms with E-state index in [0.717, 1.165) is 22.3 Å². The largest absolute Gasteiger partial charge is 0.497 e. The summed E-state index contributed by atoms with van der Waals surface area (Å²) in [5.41, 5.74) is 8.10. The number of methoxy groups -OCH3 is 2. The zero-order valence-electron chi connectivity index (χ0n) is 15.6. The predicted molar refractivity (Wildman–Crippen MR) is 106 cm³/mol. The quantitative estimate of drug-likeness (QED) is 0.629. The summed E-state index contributed by atoms with van der Waals surface area (Å²) in [6.07, 6.45) is 0. The zero-order valence-corrected chi connectivity index (χ0v) is 16.3. The Morgan fingerprint density at radius 1 is 1.22 bits per heavy atom. The Labute approximate surface area is 162 Å². The summed E-state index contributed by atoms with van der Waals surface area (Å²) < 4.78 is 16.5. The van der Waals surface area contributed by atoms with Crippen LogP contribution in [0.15, 0.2) is 34.7 Å². The molecule has 0 aliphatic carbocycles. The van der Waals surface area contributed by atoms with E-state index in [1.54, 1.807) is 7.11 Å². The maximum atomic E-state index is 12.7. The number of nitrogens with two attached hydrogens (primary N) is 1. The number of amides is 1. The number of anilines is 1. The lowest BCUT2D eigenvalue weighted by Crippen LogP contribution is -2.27. The van der Waals surface area contributed by atoms with E-state index in [9.17, 15) is 4.79 Å². The second-order valence-corrected chi connectivity index (χ2v) is 6.63. The average molecular weight is 389 g/mol. The van der Waals surface area contributed by atoms with Gasteiger partial charge in [-0.1, -0.05) is 11.6 Å². The van der Waals surface area contributed by atoms with Crippen molar-refractivity contribution in [3.63, 3.8) is 0 Å². The van der Waals surface area contributed by atoms with Gasteiger partial charge in [-0.15, -0.1) is 0 Å². The molecule has 142 valence electrons. The van der Waals surface area contributed by atoms with Crippen LogP contribution in [0.3, 0.4) is 0 Å². The lowest BCUT2D eigenvalue weighted by Gasteiger charge is -2.15. The highest BCUT2D eigenvalue weighted by atomic mass is 35.5. The molecule has 3 aromatic rings. The monoisotopic (exact) mass is 388 g/mol. The molecule has 0 fully saturated rings. The molecule has 2 aromatic carbocycles. The summed E-state index contributed by atoms with van der Waals surface area (Å²) in [4.78, 5) is 12.7. The molecule has 3 N–H and O–H groups in total. The number of nitrogen functional groups attached to an aromatic ring is 1. The number of rotatable bonds is 5. The molecule has 0 aliphatic rings. The molecule has 3 rings (SSSR count). The van der Waals surface area contributed by atoms with Gasteiger partial charge in [0, 0.05) is 17.0 Å². The van der Waals surface area contributed by atoms with Gasteiger partial charge in [0.2, 0.25) is 0 Å². The van der Waals surface area contributed by atoms with Crippen molar-refractivity contribution < 1.29 is 18.7 Å². The van der Waals surface area contributed by atoms with Crippen LogP contribution in [0, 0.1) is 6.92 Å². The van der Waals surface area contributed by atoms with E-state index in [0.29, 0.717) is 27.8 Å². The van der Waals surface area contributed by atoms with Crippen molar-refractivity contribution in [3.8, 4) is 11.5 Å². The van der Waals surface area contributed by atoms with Gasteiger partial charge < -0.3 is 24.9 Å². The molecule has 1 unspecified atom stereocenters. The molecule has 6 nitrogen and oxygen atoms in total. The van der Waals surface area contributed by atoms with Gasteiger partial charge in [0.15, 0.2) is 0 Å². The van der Waals surface area contributed by atoms with E-state index in [-0.39, 0.29) is 11.9 Å². The van der Waals surface area contributed by atoms with E-state index < -0.39 is 0 Å². The van der Waals surface area contributed by atoms with Crippen molar-refractivity contribution >= 4 is 34.2 Å². The van der Waals surface area contributed by atoms with E-state index in [1.165, 1.54) is 19.2 Å². The van der Waals surface area contributed by atoms with Crippen LogP contribution in [0.2, 0.25) is 5.02 Å². The van der Waals surface area contributed by atoms with E-state index in [2.05, 4.69) is 5.32 Å². The Morgan fingerprint density at radius 2 is 1.96 bits per heavy atom. The summed E-state index contributed by atoms with van der Waals surface area (Å²) in [7, 11) is 3.09. The second kappa shape index (κ2) is 7.40. The van der Waals surface area contributed by atoms with Crippen molar-refractivity contribution in [1.29, 1.82) is 0 Å². The molecule has 7 heteroatoms. The molecule has 1 atom stereocenters. The number of hydrogen-bond acceptors (Lipinski definition) is 5. The topological polar surface area (TPSA) is 86.7 Å². The summed E-state index contributed by atoms with van der Waals surface area (Å²) >= 11 is 6.06. The van der Waals surface area contributed by atoms with Gasteiger partial charge >= 0.3 is 0 Å². The summed E-state index contributed by atoms with van der Waals surface area (Å²) in [5.74, 6) is 1.44. The number of carbonyl (C=O) groups excluding carboxylic acids is 1. The molecule has 0 saturated heterocycles. The summed E-state index contributed by atoms with van der Waals surface area (Å²) in [5, 5.41) is 4.16. The fourth-order valence-electron chi connectivity index (χ4n) is 3.01. The van der Waals surface area contributed by atoms with Gasteiger partial charge in [-0.3, -0.25) is 4.79 Å². The maximum Gasteiger partial charge on any atom is 0.255 e. The molecule has 0 aliphatic heterocycles. The van der Waals surface area contributed by atoms with Gasteiger partial charge in [0.05, 0.1) is 36.5 Å². The van der Waals surface area contributed by atoms with Crippen LogP contribution in [0.4, 0.5) is 5.69 Å². The Morgan fingerprint density at radius 3 is 2.63 bits per heavy atom. The van der Waals surface area contributed by atoms with Gasteiger partial charge in [0.25, 0.3) is 5.91 Å². The van der Waals surface area contributed by atoms with Gasteiger partial charge in [0.1, 0.15) is 22.8 Å². The third-order valence-corrected chi connectivity index (χ3v) is 4.81. The molecular formula is C20H21ClN2O4. The zero-order chi connectivity index (χ0) is 19.7. The van der Waals surface area contributed by atoms with Crippen molar-refractivity contribution in [1.82, 2.24) is 5.32 Å². The normalized spacial score (nSPS) is 12.0. The summed E-state index contributed by atoms with van der Waals surface area (Å²) in [6.45, 7) is 3.80. The Kier molecular flexibility index (Phi) is 5.19. The van der Waals surface area contributed by atoms with Crippen LogP contribution in [-0.2, 0) is 0 Å². The molecule has 0 spiro atoms. The minimum atomic E-state index is -0.364. The third kappa shape index (κ3) is 3.53. The van der Waals surface area contributed by atoms with Crippen LogP contribution in [0.5, 0.6) is 11.5 Å². The predicted octanol–water partition coefficient (Wildman–Crippen LogP) is 4.49. The number of furan rings is 1.